The van der Waals surface area contributed by atoms with Crippen LogP contribution in [0.25, 0.3) is 0 Å². The molecule has 1 atom stereocenters. The van der Waals surface area contributed by atoms with E-state index in [1.54, 1.807) is 20.5 Å². The van der Waals surface area contributed by atoms with E-state index in [1.165, 1.54) is 11.1 Å². The van der Waals surface area contributed by atoms with Crippen LogP contribution in [0.5, 0.6) is 11.5 Å². The van der Waals surface area contributed by atoms with Gasteiger partial charge in [0.1, 0.15) is 23.6 Å². The quantitative estimate of drug-likeness (QED) is 0.545. The van der Waals surface area contributed by atoms with Crippen LogP contribution in [0.3, 0.4) is 0 Å². The van der Waals surface area contributed by atoms with Gasteiger partial charge in [0, 0.05) is 30.9 Å². The summed E-state index contributed by atoms with van der Waals surface area (Å²) in [6.07, 6.45) is 3.49. The second-order valence-electron chi connectivity index (χ2n) is 6.86. The summed E-state index contributed by atoms with van der Waals surface area (Å²) in [7, 11) is 5.30. The number of ether oxygens (including phenoxy) is 2. The molecule has 0 aliphatic carbocycles. The molecular formula is C23H29ClN4O2. The molecule has 0 aliphatic rings. The fourth-order valence-electron chi connectivity index (χ4n) is 3.17. The Bertz CT molecular complexity index is 854. The predicted octanol–water partition coefficient (Wildman–Crippen LogP) is 4.40. The Morgan fingerprint density at radius 3 is 1.83 bits per heavy atom. The van der Waals surface area contributed by atoms with E-state index in [0.29, 0.717) is 0 Å². The lowest BCUT2D eigenvalue weighted by molar-refractivity contribution is 0.414. The molecule has 0 amide bonds. The van der Waals surface area contributed by atoms with Gasteiger partial charge in [-0.15, -0.1) is 12.4 Å². The standard InChI is InChI=1S/C23H28N4O2.ClH/c1-17(24-2)22-13-25-16-26-23(22)27(14-18-5-9-20(28-3)10-6-18)15-19-7-11-21(29-4)12-8-19;/h5-13,16-17,24H,14-15H2,1-4H3;1H. The second kappa shape index (κ2) is 11.4. The molecule has 3 rings (SSSR count). The van der Waals surface area contributed by atoms with Crippen LogP contribution in [-0.4, -0.2) is 31.2 Å². The number of nitrogens with one attached hydrogen (secondary N) is 1. The van der Waals surface area contributed by atoms with Crippen molar-refractivity contribution >= 4 is 18.2 Å². The smallest absolute Gasteiger partial charge is 0.137 e. The normalized spacial score (nSPS) is 11.3. The molecule has 7 heteroatoms. The monoisotopic (exact) mass is 428 g/mol. The van der Waals surface area contributed by atoms with Crippen LogP contribution in [0.15, 0.2) is 61.1 Å². The van der Waals surface area contributed by atoms with Gasteiger partial charge in [-0.25, -0.2) is 9.97 Å². The van der Waals surface area contributed by atoms with Crippen molar-refractivity contribution in [1.29, 1.82) is 0 Å². The van der Waals surface area contributed by atoms with E-state index in [0.717, 1.165) is 36.0 Å². The minimum atomic E-state index is 0. The minimum Gasteiger partial charge on any atom is -0.497 e. The molecule has 0 radical (unpaired) electrons. The average Bonchev–Trinajstić information content (AvgIpc) is 2.79. The molecule has 0 fully saturated rings. The van der Waals surface area contributed by atoms with Gasteiger partial charge in [0.15, 0.2) is 0 Å². The SMILES string of the molecule is CNC(C)c1cncnc1N(Cc1ccc(OC)cc1)Cc1ccc(OC)cc1.Cl. The largest absolute Gasteiger partial charge is 0.497 e. The maximum absolute atomic E-state index is 5.29. The predicted molar refractivity (Wildman–Crippen MR) is 123 cm³/mol. The van der Waals surface area contributed by atoms with Gasteiger partial charge in [0.25, 0.3) is 0 Å². The van der Waals surface area contributed by atoms with E-state index < -0.39 is 0 Å². The first kappa shape index (κ1) is 23.4. The number of methoxy groups -OCH3 is 2. The highest BCUT2D eigenvalue weighted by Crippen LogP contribution is 2.27. The van der Waals surface area contributed by atoms with Crippen LogP contribution < -0.4 is 19.7 Å². The van der Waals surface area contributed by atoms with E-state index in [1.807, 2.05) is 37.5 Å². The summed E-state index contributed by atoms with van der Waals surface area (Å²) in [6.45, 7) is 3.55. The Morgan fingerprint density at radius 1 is 0.900 bits per heavy atom. The number of benzene rings is 2. The third kappa shape index (κ3) is 5.84. The lowest BCUT2D eigenvalue weighted by atomic mass is 10.1. The van der Waals surface area contributed by atoms with Crippen molar-refractivity contribution in [2.75, 3.05) is 26.2 Å². The summed E-state index contributed by atoms with van der Waals surface area (Å²) in [5, 5.41) is 3.29. The number of halogens is 1. The van der Waals surface area contributed by atoms with Crippen LogP contribution in [0.1, 0.15) is 29.7 Å². The Labute approximate surface area is 184 Å². The van der Waals surface area contributed by atoms with Crippen molar-refractivity contribution in [3.63, 3.8) is 0 Å². The summed E-state index contributed by atoms with van der Waals surface area (Å²) in [5.74, 6) is 2.62. The van der Waals surface area contributed by atoms with Gasteiger partial charge < -0.3 is 19.7 Å². The van der Waals surface area contributed by atoms with Gasteiger partial charge in [-0.1, -0.05) is 24.3 Å². The lowest BCUT2D eigenvalue weighted by Crippen LogP contribution is -2.26. The van der Waals surface area contributed by atoms with Crippen molar-refractivity contribution in [2.45, 2.75) is 26.1 Å². The van der Waals surface area contributed by atoms with Crippen molar-refractivity contribution in [3.05, 3.63) is 77.7 Å². The Balaban J connectivity index is 0.00000320. The maximum Gasteiger partial charge on any atom is 0.137 e. The van der Waals surface area contributed by atoms with Gasteiger partial charge in [0.05, 0.1) is 14.2 Å². The third-order valence-electron chi connectivity index (χ3n) is 4.98. The number of aromatic nitrogens is 2. The zero-order valence-corrected chi connectivity index (χ0v) is 18.6. The number of hydrogen-bond acceptors (Lipinski definition) is 6. The Kier molecular flexibility index (Phi) is 8.89. The van der Waals surface area contributed by atoms with Crippen molar-refractivity contribution in [3.8, 4) is 11.5 Å². The van der Waals surface area contributed by atoms with E-state index in [-0.39, 0.29) is 18.4 Å². The highest BCUT2D eigenvalue weighted by atomic mass is 35.5. The zero-order chi connectivity index (χ0) is 20.6. The van der Waals surface area contributed by atoms with Crippen molar-refractivity contribution in [2.24, 2.45) is 0 Å². The highest BCUT2D eigenvalue weighted by Gasteiger charge is 2.18. The van der Waals surface area contributed by atoms with Gasteiger partial charge in [-0.05, 0) is 49.4 Å². The van der Waals surface area contributed by atoms with E-state index in [4.69, 9.17) is 9.47 Å². The molecule has 1 aromatic heterocycles. The molecule has 160 valence electrons. The summed E-state index contributed by atoms with van der Waals surface area (Å²) in [4.78, 5) is 11.2. The number of anilines is 1. The Morgan fingerprint density at radius 2 is 1.40 bits per heavy atom. The van der Waals surface area contributed by atoms with E-state index in [9.17, 15) is 0 Å². The van der Waals surface area contributed by atoms with Crippen molar-refractivity contribution in [1.82, 2.24) is 15.3 Å². The van der Waals surface area contributed by atoms with Crippen LogP contribution in [0, 0.1) is 0 Å². The zero-order valence-electron chi connectivity index (χ0n) is 17.8. The highest BCUT2D eigenvalue weighted by molar-refractivity contribution is 5.85. The fraction of sp³-hybridized carbons (Fsp3) is 0.304. The van der Waals surface area contributed by atoms with E-state index in [2.05, 4.69) is 51.4 Å². The molecule has 1 N–H and O–H groups in total. The summed E-state index contributed by atoms with van der Waals surface area (Å²) >= 11 is 0. The minimum absolute atomic E-state index is 0. The van der Waals surface area contributed by atoms with Crippen LogP contribution in [-0.2, 0) is 13.1 Å². The van der Waals surface area contributed by atoms with Gasteiger partial charge in [0.2, 0.25) is 0 Å². The van der Waals surface area contributed by atoms with Gasteiger partial charge in [-0.2, -0.15) is 0 Å². The van der Waals surface area contributed by atoms with Gasteiger partial charge >= 0.3 is 0 Å². The fourth-order valence-corrected chi connectivity index (χ4v) is 3.17. The van der Waals surface area contributed by atoms with Crippen LogP contribution >= 0.6 is 12.4 Å². The first-order valence-electron chi connectivity index (χ1n) is 9.62. The number of nitrogens with zero attached hydrogens (tertiary/aromatic N) is 3. The van der Waals surface area contributed by atoms with Gasteiger partial charge in [-0.3, -0.25) is 0 Å². The second-order valence-corrected chi connectivity index (χ2v) is 6.86. The molecule has 0 saturated carbocycles. The molecule has 2 aromatic carbocycles. The van der Waals surface area contributed by atoms with Crippen LogP contribution in [0.2, 0.25) is 0 Å². The lowest BCUT2D eigenvalue weighted by Gasteiger charge is -2.27. The first-order chi connectivity index (χ1) is 14.1. The van der Waals surface area contributed by atoms with E-state index >= 15 is 0 Å². The molecular weight excluding hydrogens is 400 g/mol. The summed E-state index contributed by atoms with van der Waals surface area (Å²) < 4.78 is 10.6. The molecule has 0 aliphatic heterocycles. The Hall–Kier alpha value is -2.83. The summed E-state index contributed by atoms with van der Waals surface area (Å²) in [5.41, 5.74) is 3.43. The molecule has 0 saturated heterocycles. The number of rotatable bonds is 9. The molecule has 3 aromatic rings. The molecule has 0 bridgehead atoms. The van der Waals surface area contributed by atoms with Crippen molar-refractivity contribution < 1.29 is 9.47 Å². The summed E-state index contributed by atoms with van der Waals surface area (Å²) in [6, 6.07) is 16.4. The molecule has 30 heavy (non-hydrogen) atoms. The molecule has 1 heterocycles. The maximum atomic E-state index is 5.29. The topological polar surface area (TPSA) is 59.5 Å². The average molecular weight is 429 g/mol. The van der Waals surface area contributed by atoms with Crippen LogP contribution in [0.4, 0.5) is 5.82 Å². The molecule has 0 spiro atoms. The first-order valence-corrected chi connectivity index (χ1v) is 9.62. The molecule has 6 nitrogen and oxygen atoms in total. The molecule has 1 unspecified atom stereocenters. The number of hydrogen-bond donors (Lipinski definition) is 1. The third-order valence-corrected chi connectivity index (χ3v) is 4.98.